The van der Waals surface area contributed by atoms with Crippen LogP contribution in [0.15, 0.2) is 47.4 Å². The molecule has 0 unspecified atom stereocenters. The van der Waals surface area contributed by atoms with Gasteiger partial charge in [-0.15, -0.1) is 11.3 Å². The fraction of sp³-hybridized carbons (Fsp3) is 0.167. The van der Waals surface area contributed by atoms with Crippen molar-refractivity contribution < 1.29 is 22.7 Å². The minimum Gasteiger partial charge on any atom is -0.495 e. The van der Waals surface area contributed by atoms with Crippen molar-refractivity contribution in [3.8, 4) is 5.75 Å². The predicted molar refractivity (Wildman–Crippen MR) is 102 cm³/mol. The lowest BCUT2D eigenvalue weighted by Crippen LogP contribution is -2.16. The lowest BCUT2D eigenvalue weighted by atomic mass is 10.2. The fourth-order valence-corrected chi connectivity index (χ4v) is 5.49. The van der Waals surface area contributed by atoms with E-state index in [9.17, 15) is 13.2 Å². The monoisotopic (exact) mass is 391 g/mol. The van der Waals surface area contributed by atoms with E-state index in [1.807, 2.05) is 13.0 Å². The van der Waals surface area contributed by atoms with Crippen LogP contribution in [-0.2, 0) is 14.8 Å². The van der Waals surface area contributed by atoms with E-state index in [0.717, 1.165) is 16.9 Å². The third-order valence-electron chi connectivity index (χ3n) is 3.79. The van der Waals surface area contributed by atoms with Crippen molar-refractivity contribution in [3.05, 3.63) is 52.9 Å². The van der Waals surface area contributed by atoms with Crippen LogP contribution in [0.25, 0.3) is 10.1 Å². The van der Waals surface area contributed by atoms with Crippen molar-refractivity contribution >= 4 is 43.1 Å². The van der Waals surface area contributed by atoms with Gasteiger partial charge in [0.25, 0.3) is 10.0 Å². The molecule has 2 aromatic carbocycles. The Morgan fingerprint density at radius 1 is 1.12 bits per heavy atom. The Labute approximate surface area is 155 Å². The van der Waals surface area contributed by atoms with Gasteiger partial charge in [0.2, 0.25) is 0 Å². The standard InChI is InChI=1S/C18H17NO5S2/c1-11-8-9-14(23-2)13(10-11)19-26(21,22)17-12-6-4-5-7-15(12)25-16(17)18(20)24-3/h4-10,19H,1-3H3. The van der Waals surface area contributed by atoms with Crippen LogP contribution in [0, 0.1) is 6.92 Å². The van der Waals surface area contributed by atoms with E-state index in [1.54, 1.807) is 36.4 Å². The number of hydrogen-bond acceptors (Lipinski definition) is 6. The van der Waals surface area contributed by atoms with Crippen LogP contribution >= 0.6 is 11.3 Å². The highest BCUT2D eigenvalue weighted by molar-refractivity contribution is 7.93. The molecule has 0 saturated heterocycles. The fourth-order valence-electron chi connectivity index (χ4n) is 2.61. The molecule has 3 aromatic rings. The molecule has 3 rings (SSSR count). The highest BCUT2D eigenvalue weighted by Crippen LogP contribution is 2.37. The Bertz CT molecular complexity index is 1090. The van der Waals surface area contributed by atoms with Crippen molar-refractivity contribution in [2.45, 2.75) is 11.8 Å². The van der Waals surface area contributed by atoms with Crippen LogP contribution in [0.1, 0.15) is 15.2 Å². The minimum atomic E-state index is -4.05. The topological polar surface area (TPSA) is 81.7 Å². The molecule has 0 radical (unpaired) electrons. The van der Waals surface area contributed by atoms with Crippen LogP contribution in [0.5, 0.6) is 5.75 Å². The normalized spacial score (nSPS) is 11.3. The molecule has 1 heterocycles. The number of carbonyl (C=O) groups excluding carboxylic acids is 1. The zero-order valence-corrected chi connectivity index (χ0v) is 16.0. The van der Waals surface area contributed by atoms with E-state index in [-0.39, 0.29) is 9.77 Å². The number of esters is 1. The van der Waals surface area contributed by atoms with E-state index in [4.69, 9.17) is 9.47 Å². The number of aryl methyl sites for hydroxylation is 1. The lowest BCUT2D eigenvalue weighted by molar-refractivity contribution is 0.0602. The second-order valence-electron chi connectivity index (χ2n) is 5.56. The quantitative estimate of drug-likeness (QED) is 0.669. The molecule has 136 valence electrons. The first-order valence-electron chi connectivity index (χ1n) is 7.64. The number of anilines is 1. The van der Waals surface area contributed by atoms with Crippen LogP contribution in [-0.4, -0.2) is 28.6 Å². The molecule has 0 aliphatic heterocycles. The van der Waals surface area contributed by atoms with Crippen LogP contribution < -0.4 is 9.46 Å². The Balaban J connectivity index is 2.19. The van der Waals surface area contributed by atoms with Crippen molar-refractivity contribution in [2.75, 3.05) is 18.9 Å². The number of sulfonamides is 1. The Morgan fingerprint density at radius 3 is 2.54 bits per heavy atom. The number of benzene rings is 2. The van der Waals surface area contributed by atoms with Gasteiger partial charge in [-0.3, -0.25) is 4.72 Å². The van der Waals surface area contributed by atoms with Gasteiger partial charge in [0.1, 0.15) is 15.5 Å². The van der Waals surface area contributed by atoms with E-state index in [1.165, 1.54) is 14.2 Å². The van der Waals surface area contributed by atoms with Gasteiger partial charge in [-0.1, -0.05) is 24.3 Å². The van der Waals surface area contributed by atoms with E-state index in [0.29, 0.717) is 21.5 Å². The summed E-state index contributed by atoms with van der Waals surface area (Å²) in [7, 11) is -1.37. The number of carbonyl (C=O) groups is 1. The van der Waals surface area contributed by atoms with E-state index in [2.05, 4.69) is 4.72 Å². The Morgan fingerprint density at radius 2 is 1.85 bits per heavy atom. The summed E-state index contributed by atoms with van der Waals surface area (Å²) in [5.74, 6) is -0.305. The van der Waals surface area contributed by atoms with Crippen LogP contribution in [0.2, 0.25) is 0 Å². The second-order valence-corrected chi connectivity index (χ2v) is 8.23. The summed E-state index contributed by atoms with van der Waals surface area (Å²) < 4.78 is 39.5. The SMILES string of the molecule is COC(=O)c1sc2ccccc2c1S(=O)(=O)Nc1cc(C)ccc1OC. The first-order valence-corrected chi connectivity index (χ1v) is 9.94. The number of methoxy groups -OCH3 is 2. The number of thiophene rings is 1. The molecule has 0 bridgehead atoms. The maximum absolute atomic E-state index is 13.1. The van der Waals surface area contributed by atoms with Crippen molar-refractivity contribution in [3.63, 3.8) is 0 Å². The van der Waals surface area contributed by atoms with Gasteiger partial charge in [0, 0.05) is 10.1 Å². The Kier molecular flexibility index (Phi) is 4.88. The molecule has 0 saturated carbocycles. The molecule has 0 spiro atoms. The summed E-state index contributed by atoms with van der Waals surface area (Å²) in [6, 6.07) is 12.1. The minimum absolute atomic E-state index is 0.0350. The van der Waals surface area contributed by atoms with Gasteiger partial charge >= 0.3 is 5.97 Å². The molecule has 0 amide bonds. The summed E-state index contributed by atoms with van der Waals surface area (Å²) in [6.45, 7) is 1.84. The highest BCUT2D eigenvalue weighted by Gasteiger charge is 2.29. The maximum Gasteiger partial charge on any atom is 0.349 e. The maximum atomic E-state index is 13.1. The molecule has 26 heavy (non-hydrogen) atoms. The van der Waals surface area contributed by atoms with Crippen molar-refractivity contribution in [1.29, 1.82) is 0 Å². The van der Waals surface area contributed by atoms with Crippen LogP contribution in [0.3, 0.4) is 0 Å². The summed E-state index contributed by atoms with van der Waals surface area (Å²) in [6.07, 6.45) is 0. The zero-order chi connectivity index (χ0) is 18.9. The number of nitrogens with one attached hydrogen (secondary N) is 1. The number of ether oxygens (including phenoxy) is 2. The number of fused-ring (bicyclic) bond motifs is 1. The molecular formula is C18H17NO5S2. The molecule has 0 fully saturated rings. The van der Waals surface area contributed by atoms with E-state index >= 15 is 0 Å². The van der Waals surface area contributed by atoms with Gasteiger partial charge in [-0.25, -0.2) is 13.2 Å². The van der Waals surface area contributed by atoms with Gasteiger partial charge < -0.3 is 9.47 Å². The molecule has 0 aliphatic carbocycles. The van der Waals surface area contributed by atoms with Crippen LogP contribution in [0.4, 0.5) is 5.69 Å². The van der Waals surface area contributed by atoms with Crippen molar-refractivity contribution in [2.24, 2.45) is 0 Å². The first kappa shape index (κ1) is 18.2. The molecule has 1 aromatic heterocycles. The lowest BCUT2D eigenvalue weighted by Gasteiger charge is -2.13. The predicted octanol–water partition coefficient (Wildman–Crippen LogP) is 3.81. The zero-order valence-electron chi connectivity index (χ0n) is 14.4. The van der Waals surface area contributed by atoms with Gasteiger partial charge in [-0.2, -0.15) is 0 Å². The van der Waals surface area contributed by atoms with Gasteiger partial charge in [0.15, 0.2) is 0 Å². The third kappa shape index (κ3) is 3.25. The summed E-state index contributed by atoms with van der Waals surface area (Å²) >= 11 is 1.08. The second kappa shape index (κ2) is 6.97. The summed E-state index contributed by atoms with van der Waals surface area (Å²) in [5.41, 5.74) is 1.17. The molecule has 0 aliphatic rings. The Hall–Kier alpha value is -2.58. The van der Waals surface area contributed by atoms with Gasteiger partial charge in [-0.05, 0) is 30.7 Å². The first-order chi connectivity index (χ1) is 12.4. The molecule has 0 atom stereocenters. The summed E-state index contributed by atoms with van der Waals surface area (Å²) in [4.78, 5) is 12.1. The summed E-state index contributed by atoms with van der Waals surface area (Å²) in [5, 5.41) is 0.469. The van der Waals surface area contributed by atoms with E-state index < -0.39 is 16.0 Å². The molecule has 8 heteroatoms. The highest BCUT2D eigenvalue weighted by atomic mass is 32.2. The van der Waals surface area contributed by atoms with Gasteiger partial charge in [0.05, 0.1) is 19.9 Å². The number of hydrogen-bond donors (Lipinski definition) is 1. The van der Waals surface area contributed by atoms with Crippen molar-refractivity contribution in [1.82, 2.24) is 0 Å². The number of rotatable bonds is 5. The smallest absolute Gasteiger partial charge is 0.349 e. The third-order valence-corrected chi connectivity index (χ3v) is 6.52. The molecular weight excluding hydrogens is 374 g/mol. The average molecular weight is 391 g/mol. The molecule has 6 nitrogen and oxygen atoms in total. The largest absolute Gasteiger partial charge is 0.495 e. The molecule has 1 N–H and O–H groups in total. The average Bonchev–Trinajstić information content (AvgIpc) is 3.01.